The van der Waals surface area contributed by atoms with Crippen LogP contribution in [-0.4, -0.2) is 60.4 Å². The van der Waals surface area contributed by atoms with E-state index in [0.29, 0.717) is 42.1 Å². The van der Waals surface area contributed by atoms with E-state index in [1.54, 1.807) is 42.7 Å². The van der Waals surface area contributed by atoms with E-state index >= 15 is 0 Å². The van der Waals surface area contributed by atoms with Crippen molar-refractivity contribution in [1.82, 2.24) is 29.4 Å². The van der Waals surface area contributed by atoms with Gasteiger partial charge in [-0.15, -0.1) is 11.3 Å². The lowest BCUT2D eigenvalue weighted by molar-refractivity contribution is 0.101. The molecular weight excluding hydrogens is 567 g/mol. The van der Waals surface area contributed by atoms with Crippen LogP contribution in [0, 0.1) is 17.1 Å². The number of carbonyl (C=O) groups excluding carboxylic acids is 1. The fraction of sp³-hybridized carbons (Fsp3) is 0.290. The highest BCUT2D eigenvalue weighted by atomic mass is 32.1. The van der Waals surface area contributed by atoms with Crippen molar-refractivity contribution >= 4 is 34.1 Å². The van der Waals surface area contributed by atoms with Gasteiger partial charge in [-0.1, -0.05) is 6.07 Å². The number of nitrogens with zero attached hydrogens (tertiary/aromatic N) is 8. The number of fused-ring (bicyclic) bond motifs is 2. The Morgan fingerprint density at radius 1 is 1.14 bits per heavy atom. The lowest BCUT2D eigenvalue weighted by Gasteiger charge is -2.34. The molecule has 216 valence electrons. The minimum absolute atomic E-state index is 0.00424. The number of Topliss-reactive ketones (excluding diaryl/α,β-unsaturated/α-hetero) is 1. The standard InChI is InChI=1S/C31H27FN8O2S/c1-19(41)21-4-5-25-26(11-21)40(15-23-14-34-18-43-23)29(36-25)16-38-8-9-39(28-12-27(28)38)31-35-7-6-30(37-31)42-17-22-3-2-20(13-33)10-24(22)32/h2-7,10-11,14,18,27-28H,8-9,12,15-17H2,1H3. The molecule has 12 heteroatoms. The molecule has 2 unspecified atom stereocenters. The molecule has 1 aliphatic carbocycles. The van der Waals surface area contributed by atoms with Gasteiger partial charge in [-0.05, 0) is 43.7 Å². The number of nitriles is 1. The second kappa shape index (κ2) is 11.2. The fourth-order valence-electron chi connectivity index (χ4n) is 5.69. The van der Waals surface area contributed by atoms with Crippen LogP contribution in [0.25, 0.3) is 11.0 Å². The first-order valence-corrected chi connectivity index (χ1v) is 14.9. The summed E-state index contributed by atoms with van der Waals surface area (Å²) in [5.41, 5.74) is 4.96. The molecule has 0 bridgehead atoms. The maximum Gasteiger partial charge on any atom is 0.228 e. The molecule has 1 saturated heterocycles. The average molecular weight is 595 g/mol. The number of anilines is 1. The summed E-state index contributed by atoms with van der Waals surface area (Å²) in [7, 11) is 0. The van der Waals surface area contributed by atoms with Gasteiger partial charge in [0.15, 0.2) is 5.78 Å². The Balaban J connectivity index is 1.06. The monoisotopic (exact) mass is 594 g/mol. The third-order valence-corrected chi connectivity index (χ3v) is 8.79. The second-order valence-electron chi connectivity index (χ2n) is 10.8. The van der Waals surface area contributed by atoms with Crippen LogP contribution in [0.4, 0.5) is 10.3 Å². The maximum atomic E-state index is 14.3. The van der Waals surface area contributed by atoms with Crippen LogP contribution < -0.4 is 9.64 Å². The fourth-order valence-corrected chi connectivity index (χ4v) is 6.27. The predicted octanol–water partition coefficient (Wildman–Crippen LogP) is 4.59. The van der Waals surface area contributed by atoms with Gasteiger partial charge in [0.2, 0.25) is 11.8 Å². The highest BCUT2D eigenvalue weighted by Gasteiger charge is 2.50. The minimum atomic E-state index is -0.481. The molecule has 2 aromatic carbocycles. The molecule has 3 aromatic heterocycles. The van der Waals surface area contributed by atoms with Crippen molar-refractivity contribution in [3.8, 4) is 11.9 Å². The van der Waals surface area contributed by atoms with E-state index in [-0.39, 0.29) is 24.0 Å². The van der Waals surface area contributed by atoms with Crippen LogP contribution in [0.15, 0.2) is 60.4 Å². The van der Waals surface area contributed by atoms with Crippen LogP contribution in [0.2, 0.25) is 0 Å². The largest absolute Gasteiger partial charge is 0.473 e. The second-order valence-corrected chi connectivity index (χ2v) is 11.7. The van der Waals surface area contributed by atoms with Crippen molar-refractivity contribution in [3.05, 3.63) is 93.6 Å². The van der Waals surface area contributed by atoms with Gasteiger partial charge in [0.05, 0.1) is 41.3 Å². The van der Waals surface area contributed by atoms with Gasteiger partial charge in [0.25, 0.3) is 0 Å². The molecule has 7 rings (SSSR count). The Morgan fingerprint density at radius 2 is 2.05 bits per heavy atom. The third-order valence-electron chi connectivity index (χ3n) is 8.03. The highest BCUT2D eigenvalue weighted by molar-refractivity contribution is 7.09. The quantitative estimate of drug-likeness (QED) is 0.226. The number of imidazole rings is 1. The van der Waals surface area contributed by atoms with E-state index in [2.05, 4.69) is 29.3 Å². The zero-order chi connectivity index (χ0) is 29.5. The summed E-state index contributed by atoms with van der Waals surface area (Å²) in [5, 5.41) is 8.96. The van der Waals surface area contributed by atoms with Crippen LogP contribution in [0.1, 0.15) is 45.5 Å². The molecule has 2 aliphatic rings. The molecule has 1 aliphatic heterocycles. The van der Waals surface area contributed by atoms with Crippen molar-refractivity contribution in [3.63, 3.8) is 0 Å². The Bertz CT molecular complexity index is 1870. The number of halogens is 1. The van der Waals surface area contributed by atoms with Crippen LogP contribution in [0.5, 0.6) is 5.88 Å². The third kappa shape index (κ3) is 5.45. The molecule has 2 atom stereocenters. The van der Waals surface area contributed by atoms with E-state index < -0.39 is 5.82 Å². The number of carbonyl (C=O) groups is 1. The Hall–Kier alpha value is -4.73. The molecule has 0 amide bonds. The number of hydrogen-bond donors (Lipinski definition) is 0. The summed E-state index contributed by atoms with van der Waals surface area (Å²) in [6, 6.07) is 14.3. The molecule has 10 nitrogen and oxygen atoms in total. The summed E-state index contributed by atoms with van der Waals surface area (Å²) < 4.78 is 22.3. The van der Waals surface area contributed by atoms with Crippen molar-refractivity contribution in [2.45, 2.75) is 45.1 Å². The lowest BCUT2D eigenvalue weighted by Crippen LogP contribution is -2.46. The molecule has 43 heavy (non-hydrogen) atoms. The van der Waals surface area contributed by atoms with Crippen molar-refractivity contribution < 1.29 is 13.9 Å². The van der Waals surface area contributed by atoms with Gasteiger partial charge in [0.1, 0.15) is 18.2 Å². The van der Waals surface area contributed by atoms with Gasteiger partial charge in [-0.25, -0.2) is 14.4 Å². The minimum Gasteiger partial charge on any atom is -0.473 e. The summed E-state index contributed by atoms with van der Waals surface area (Å²) in [6.45, 7) is 4.49. The molecular formula is C31H27FN8O2S. The molecule has 1 saturated carbocycles. The van der Waals surface area contributed by atoms with E-state index in [1.807, 2.05) is 36.0 Å². The van der Waals surface area contributed by atoms with E-state index in [1.165, 1.54) is 6.07 Å². The number of rotatable bonds is 9. The van der Waals surface area contributed by atoms with E-state index in [9.17, 15) is 9.18 Å². The summed E-state index contributed by atoms with van der Waals surface area (Å²) in [6.07, 6.45) is 4.53. The first-order chi connectivity index (χ1) is 21.0. The van der Waals surface area contributed by atoms with Gasteiger partial charge in [0, 0.05) is 59.6 Å². The molecule has 2 fully saturated rings. The number of thiazole rings is 1. The topological polar surface area (TPSA) is 113 Å². The number of hydrogen-bond acceptors (Lipinski definition) is 10. The summed E-state index contributed by atoms with van der Waals surface area (Å²) in [5.74, 6) is 1.48. The molecule has 4 heterocycles. The zero-order valence-corrected chi connectivity index (χ0v) is 24.2. The van der Waals surface area contributed by atoms with Crippen molar-refractivity contribution in [2.75, 3.05) is 18.0 Å². The smallest absolute Gasteiger partial charge is 0.228 e. The van der Waals surface area contributed by atoms with Gasteiger partial charge < -0.3 is 14.2 Å². The molecule has 0 radical (unpaired) electrons. The van der Waals surface area contributed by atoms with E-state index in [4.69, 9.17) is 15.0 Å². The maximum absolute atomic E-state index is 14.3. The van der Waals surface area contributed by atoms with E-state index in [0.717, 1.165) is 41.2 Å². The van der Waals surface area contributed by atoms with Crippen LogP contribution in [-0.2, 0) is 19.7 Å². The Labute approximate surface area is 251 Å². The number of benzene rings is 2. The van der Waals surface area contributed by atoms with Crippen molar-refractivity contribution in [2.24, 2.45) is 0 Å². The predicted molar refractivity (Wildman–Crippen MR) is 158 cm³/mol. The number of aromatic nitrogens is 5. The summed E-state index contributed by atoms with van der Waals surface area (Å²) >= 11 is 1.61. The lowest BCUT2D eigenvalue weighted by atomic mass is 10.1. The van der Waals surface area contributed by atoms with Crippen LogP contribution in [0.3, 0.4) is 0 Å². The van der Waals surface area contributed by atoms with Gasteiger partial charge in [-0.2, -0.15) is 10.2 Å². The zero-order valence-electron chi connectivity index (χ0n) is 23.4. The highest BCUT2D eigenvalue weighted by Crippen LogP contribution is 2.39. The number of piperazine rings is 1. The SMILES string of the molecule is CC(=O)c1ccc2nc(CN3CCN(c4nccc(OCc5ccc(C#N)cc5F)n4)C4CC43)n(Cc3cncs3)c2c1. The van der Waals surface area contributed by atoms with Gasteiger partial charge >= 0.3 is 0 Å². The number of ether oxygens (including phenoxy) is 1. The molecule has 5 aromatic rings. The first kappa shape index (κ1) is 27.1. The Morgan fingerprint density at radius 3 is 2.84 bits per heavy atom. The molecule has 0 spiro atoms. The average Bonchev–Trinajstić information content (AvgIpc) is 3.53. The Kier molecular flexibility index (Phi) is 7.04. The normalized spacial score (nSPS) is 17.9. The van der Waals surface area contributed by atoms with Crippen LogP contribution >= 0.6 is 11.3 Å². The van der Waals surface area contributed by atoms with Crippen molar-refractivity contribution in [1.29, 1.82) is 5.26 Å². The number of ketones is 1. The van der Waals surface area contributed by atoms with Gasteiger partial charge in [-0.3, -0.25) is 14.7 Å². The summed E-state index contributed by atoms with van der Waals surface area (Å²) in [4.78, 5) is 36.3. The first-order valence-electron chi connectivity index (χ1n) is 14.0. The molecule has 0 N–H and O–H groups in total.